The molecule has 1 aromatic heterocycles. The summed E-state index contributed by atoms with van der Waals surface area (Å²) in [6.07, 6.45) is 0. The normalized spacial score (nSPS) is 25.5. The highest BCUT2D eigenvalue weighted by Gasteiger charge is 2.27. The Labute approximate surface area is 88.5 Å². The molecular weight excluding hydrogens is 188 g/mol. The van der Waals surface area contributed by atoms with E-state index in [1.807, 2.05) is 13.0 Å². The summed E-state index contributed by atoms with van der Waals surface area (Å²) < 4.78 is 5.52. The zero-order valence-electron chi connectivity index (χ0n) is 8.95. The molecule has 3 rings (SSSR count). The highest BCUT2D eigenvalue weighted by atomic mass is 16.3. The number of aryl methyl sites for hydroxylation is 1. The van der Waals surface area contributed by atoms with Gasteiger partial charge in [0.25, 0.3) is 0 Å². The van der Waals surface area contributed by atoms with E-state index in [0.717, 1.165) is 23.5 Å². The van der Waals surface area contributed by atoms with E-state index in [0.29, 0.717) is 12.0 Å². The van der Waals surface area contributed by atoms with Crippen molar-refractivity contribution >= 4 is 11.1 Å². The fourth-order valence-corrected chi connectivity index (χ4v) is 2.17. The zero-order chi connectivity index (χ0) is 10.4. The van der Waals surface area contributed by atoms with E-state index in [1.165, 1.54) is 5.56 Å². The van der Waals surface area contributed by atoms with Gasteiger partial charge in [0.2, 0.25) is 0 Å². The minimum Gasteiger partial charge on any atom is -0.441 e. The van der Waals surface area contributed by atoms with Crippen LogP contribution in [0.3, 0.4) is 0 Å². The predicted molar refractivity (Wildman–Crippen MR) is 58.7 cm³/mol. The highest BCUT2D eigenvalue weighted by Crippen LogP contribution is 2.30. The van der Waals surface area contributed by atoms with Crippen molar-refractivity contribution in [1.82, 2.24) is 10.3 Å². The molecule has 0 aliphatic carbocycles. The molecule has 1 aliphatic heterocycles. The van der Waals surface area contributed by atoms with Crippen molar-refractivity contribution in [1.29, 1.82) is 0 Å². The van der Waals surface area contributed by atoms with Crippen molar-refractivity contribution in [3.8, 4) is 0 Å². The molecule has 3 heteroatoms. The van der Waals surface area contributed by atoms with Gasteiger partial charge in [-0.05, 0) is 23.6 Å². The van der Waals surface area contributed by atoms with Gasteiger partial charge < -0.3 is 9.73 Å². The first-order valence-electron chi connectivity index (χ1n) is 5.34. The number of rotatable bonds is 1. The number of nitrogens with one attached hydrogen (secondary N) is 1. The van der Waals surface area contributed by atoms with E-state index in [2.05, 4.69) is 29.4 Å². The summed E-state index contributed by atoms with van der Waals surface area (Å²) in [5.74, 6) is 1.45. The van der Waals surface area contributed by atoms with Gasteiger partial charge in [-0.2, -0.15) is 0 Å². The lowest BCUT2D eigenvalue weighted by molar-refractivity contribution is 0.258. The van der Waals surface area contributed by atoms with E-state index < -0.39 is 0 Å². The molecular formula is C12H14N2O. The van der Waals surface area contributed by atoms with Crippen molar-refractivity contribution in [2.45, 2.75) is 19.9 Å². The van der Waals surface area contributed by atoms with Crippen LogP contribution >= 0.6 is 0 Å². The number of nitrogens with zero attached hydrogens (tertiary/aromatic N) is 1. The van der Waals surface area contributed by atoms with Crippen LogP contribution in [0.4, 0.5) is 0 Å². The highest BCUT2D eigenvalue weighted by molar-refractivity contribution is 5.73. The molecule has 3 nitrogen and oxygen atoms in total. The van der Waals surface area contributed by atoms with E-state index in [1.54, 1.807) is 0 Å². The first kappa shape index (κ1) is 8.92. The summed E-state index contributed by atoms with van der Waals surface area (Å²) in [5.41, 5.74) is 3.14. The van der Waals surface area contributed by atoms with Gasteiger partial charge in [-0.15, -0.1) is 0 Å². The lowest BCUT2D eigenvalue weighted by atomic mass is 9.88. The molecule has 2 heterocycles. The predicted octanol–water partition coefficient (Wildman–Crippen LogP) is 2.42. The third-order valence-corrected chi connectivity index (χ3v) is 3.11. The SMILES string of the molecule is Cc1nc2ccc(C3NCC3C)cc2o1. The Morgan fingerprint density at radius 2 is 2.33 bits per heavy atom. The topological polar surface area (TPSA) is 38.1 Å². The Balaban J connectivity index is 2.05. The van der Waals surface area contributed by atoms with Crippen LogP contribution in [-0.2, 0) is 0 Å². The van der Waals surface area contributed by atoms with Crippen LogP contribution < -0.4 is 5.32 Å². The summed E-state index contributed by atoms with van der Waals surface area (Å²) in [4.78, 5) is 4.29. The minimum atomic E-state index is 0.486. The van der Waals surface area contributed by atoms with Crippen LogP contribution in [0.15, 0.2) is 22.6 Å². The maximum absolute atomic E-state index is 5.52. The van der Waals surface area contributed by atoms with E-state index in [4.69, 9.17) is 4.42 Å². The van der Waals surface area contributed by atoms with Crippen molar-refractivity contribution in [3.63, 3.8) is 0 Å². The van der Waals surface area contributed by atoms with Gasteiger partial charge in [-0.1, -0.05) is 13.0 Å². The molecule has 0 amide bonds. The average molecular weight is 202 g/mol. The van der Waals surface area contributed by atoms with Gasteiger partial charge in [0.15, 0.2) is 11.5 Å². The first-order chi connectivity index (χ1) is 7.24. The molecule has 2 atom stereocenters. The molecule has 1 fully saturated rings. The number of hydrogen-bond acceptors (Lipinski definition) is 3. The second-order valence-corrected chi connectivity index (χ2v) is 4.32. The summed E-state index contributed by atoms with van der Waals surface area (Å²) >= 11 is 0. The Bertz CT molecular complexity index is 503. The summed E-state index contributed by atoms with van der Waals surface area (Å²) in [6.45, 7) is 5.25. The lowest BCUT2D eigenvalue weighted by Crippen LogP contribution is -2.43. The molecule has 0 saturated carbocycles. The lowest BCUT2D eigenvalue weighted by Gasteiger charge is -2.35. The van der Waals surface area contributed by atoms with E-state index in [-0.39, 0.29) is 0 Å². The summed E-state index contributed by atoms with van der Waals surface area (Å²) in [7, 11) is 0. The molecule has 15 heavy (non-hydrogen) atoms. The molecule has 2 aromatic rings. The van der Waals surface area contributed by atoms with Crippen LogP contribution in [0.25, 0.3) is 11.1 Å². The molecule has 0 bridgehead atoms. The molecule has 1 aliphatic rings. The number of fused-ring (bicyclic) bond motifs is 1. The third kappa shape index (κ3) is 1.35. The second kappa shape index (κ2) is 3.07. The van der Waals surface area contributed by atoms with Crippen LogP contribution in [0.2, 0.25) is 0 Å². The maximum Gasteiger partial charge on any atom is 0.192 e. The van der Waals surface area contributed by atoms with Crippen LogP contribution in [0.5, 0.6) is 0 Å². The standard InChI is InChI=1S/C12H14N2O/c1-7-6-13-12(7)9-3-4-10-11(5-9)15-8(2)14-10/h3-5,7,12-13H,6H2,1-2H3. The third-order valence-electron chi connectivity index (χ3n) is 3.11. The van der Waals surface area contributed by atoms with Gasteiger partial charge >= 0.3 is 0 Å². The fraction of sp³-hybridized carbons (Fsp3) is 0.417. The number of hydrogen-bond donors (Lipinski definition) is 1. The van der Waals surface area contributed by atoms with Gasteiger partial charge in [0, 0.05) is 19.5 Å². The molecule has 78 valence electrons. The molecule has 1 aromatic carbocycles. The Morgan fingerprint density at radius 3 is 3.00 bits per heavy atom. The van der Waals surface area contributed by atoms with Crippen molar-refractivity contribution in [2.75, 3.05) is 6.54 Å². The van der Waals surface area contributed by atoms with Gasteiger partial charge in [0.1, 0.15) is 5.52 Å². The number of aromatic nitrogens is 1. The molecule has 0 radical (unpaired) electrons. The van der Waals surface area contributed by atoms with Crippen molar-refractivity contribution < 1.29 is 4.42 Å². The first-order valence-corrected chi connectivity index (χ1v) is 5.34. The van der Waals surface area contributed by atoms with Gasteiger partial charge in [-0.25, -0.2) is 4.98 Å². The Hall–Kier alpha value is -1.35. The second-order valence-electron chi connectivity index (χ2n) is 4.32. The van der Waals surface area contributed by atoms with E-state index >= 15 is 0 Å². The minimum absolute atomic E-state index is 0.486. The maximum atomic E-state index is 5.52. The van der Waals surface area contributed by atoms with Crippen LogP contribution in [0.1, 0.15) is 24.4 Å². The van der Waals surface area contributed by atoms with Crippen molar-refractivity contribution in [2.24, 2.45) is 5.92 Å². The number of benzene rings is 1. The average Bonchev–Trinajstić information content (AvgIpc) is 2.55. The Kier molecular flexibility index (Phi) is 1.83. The number of oxazole rings is 1. The monoisotopic (exact) mass is 202 g/mol. The molecule has 1 saturated heterocycles. The summed E-state index contributed by atoms with van der Waals surface area (Å²) in [5, 5.41) is 3.42. The van der Waals surface area contributed by atoms with Crippen molar-refractivity contribution in [3.05, 3.63) is 29.7 Å². The fourth-order valence-electron chi connectivity index (χ4n) is 2.17. The van der Waals surface area contributed by atoms with Crippen LogP contribution in [0, 0.1) is 12.8 Å². The van der Waals surface area contributed by atoms with Gasteiger partial charge in [0.05, 0.1) is 0 Å². The van der Waals surface area contributed by atoms with E-state index in [9.17, 15) is 0 Å². The molecule has 1 N–H and O–H groups in total. The molecule has 2 unspecified atom stereocenters. The Morgan fingerprint density at radius 1 is 1.47 bits per heavy atom. The molecule has 0 spiro atoms. The quantitative estimate of drug-likeness (QED) is 0.771. The zero-order valence-corrected chi connectivity index (χ0v) is 8.95. The van der Waals surface area contributed by atoms with Crippen LogP contribution in [-0.4, -0.2) is 11.5 Å². The van der Waals surface area contributed by atoms with Gasteiger partial charge in [-0.3, -0.25) is 0 Å². The summed E-state index contributed by atoms with van der Waals surface area (Å²) in [6, 6.07) is 6.76. The smallest absolute Gasteiger partial charge is 0.192 e. The largest absolute Gasteiger partial charge is 0.441 e.